The molecular formula is C20H20. The first kappa shape index (κ1) is 12.9. The monoisotopic (exact) mass is 260 g/mol. The van der Waals surface area contributed by atoms with Crippen LogP contribution in [0.15, 0.2) is 73.3 Å². The zero-order chi connectivity index (χ0) is 14.2. The topological polar surface area (TPSA) is 0 Å². The van der Waals surface area contributed by atoms with Gasteiger partial charge in [-0.25, -0.2) is 0 Å². The Morgan fingerprint density at radius 2 is 1.90 bits per heavy atom. The molecule has 0 aromatic heterocycles. The number of hydrogen-bond acceptors (Lipinski definition) is 0. The van der Waals surface area contributed by atoms with Gasteiger partial charge < -0.3 is 0 Å². The first-order valence-corrected chi connectivity index (χ1v) is 7.22. The zero-order valence-electron chi connectivity index (χ0n) is 12.0. The van der Waals surface area contributed by atoms with Crippen LogP contribution in [0.3, 0.4) is 0 Å². The van der Waals surface area contributed by atoms with Crippen molar-refractivity contribution in [3.63, 3.8) is 0 Å². The quantitative estimate of drug-likeness (QED) is 0.564. The van der Waals surface area contributed by atoms with Gasteiger partial charge in [0.1, 0.15) is 0 Å². The second-order valence-electron chi connectivity index (χ2n) is 5.47. The predicted molar refractivity (Wildman–Crippen MR) is 86.1 cm³/mol. The molecule has 20 heavy (non-hydrogen) atoms. The van der Waals surface area contributed by atoms with Crippen LogP contribution in [0.1, 0.15) is 35.6 Å². The molecule has 0 saturated carbocycles. The summed E-state index contributed by atoms with van der Waals surface area (Å²) < 4.78 is 0. The van der Waals surface area contributed by atoms with Gasteiger partial charge in [0.2, 0.25) is 0 Å². The maximum atomic E-state index is 4.32. The lowest BCUT2D eigenvalue weighted by molar-refractivity contribution is 0.593. The molecule has 1 atom stereocenters. The summed E-state index contributed by atoms with van der Waals surface area (Å²) in [6.45, 7) is 10.5. The Kier molecular flexibility index (Phi) is 3.10. The van der Waals surface area contributed by atoms with Crippen LogP contribution in [0.25, 0.3) is 0 Å². The fraction of sp³-hybridized carbons (Fsp3) is 0.200. The number of fused-ring (bicyclic) bond motifs is 1. The van der Waals surface area contributed by atoms with Crippen molar-refractivity contribution in [2.24, 2.45) is 0 Å². The lowest BCUT2D eigenvalue weighted by atomic mass is 9.67. The van der Waals surface area contributed by atoms with Gasteiger partial charge in [0.05, 0.1) is 0 Å². The molecule has 0 N–H and O–H groups in total. The summed E-state index contributed by atoms with van der Waals surface area (Å²) in [6.07, 6.45) is 4.04. The fourth-order valence-corrected chi connectivity index (χ4v) is 3.37. The molecule has 0 radical (unpaired) electrons. The van der Waals surface area contributed by atoms with Crippen molar-refractivity contribution in [1.82, 2.24) is 0 Å². The van der Waals surface area contributed by atoms with Crippen LogP contribution in [-0.2, 0) is 11.8 Å². The van der Waals surface area contributed by atoms with Crippen LogP contribution < -0.4 is 0 Å². The van der Waals surface area contributed by atoms with Crippen LogP contribution in [-0.4, -0.2) is 0 Å². The summed E-state index contributed by atoms with van der Waals surface area (Å²) in [5, 5.41) is 0. The number of hydrogen-bond donors (Lipinski definition) is 0. The maximum absolute atomic E-state index is 4.32. The Morgan fingerprint density at radius 1 is 1.15 bits per heavy atom. The fourth-order valence-electron chi connectivity index (χ4n) is 3.37. The average Bonchev–Trinajstić information content (AvgIpc) is 3.29. The highest BCUT2D eigenvalue weighted by molar-refractivity contribution is 5.61. The van der Waals surface area contributed by atoms with Crippen LogP contribution in [0.2, 0.25) is 0 Å². The molecular weight excluding hydrogens is 240 g/mol. The van der Waals surface area contributed by atoms with E-state index >= 15 is 0 Å². The second kappa shape index (κ2) is 4.79. The summed E-state index contributed by atoms with van der Waals surface area (Å²) >= 11 is 0. The van der Waals surface area contributed by atoms with E-state index in [9.17, 15) is 0 Å². The Hall–Kier alpha value is -2.08. The molecule has 0 saturated heterocycles. The van der Waals surface area contributed by atoms with Crippen molar-refractivity contribution in [2.45, 2.75) is 25.2 Å². The summed E-state index contributed by atoms with van der Waals surface area (Å²) in [6, 6.07) is 17.4. The van der Waals surface area contributed by atoms with Gasteiger partial charge in [-0.05, 0) is 40.7 Å². The van der Waals surface area contributed by atoms with Gasteiger partial charge in [0.15, 0.2) is 0 Å². The summed E-state index contributed by atoms with van der Waals surface area (Å²) in [7, 11) is 0. The summed E-state index contributed by atoms with van der Waals surface area (Å²) in [4.78, 5) is 0. The van der Waals surface area contributed by atoms with E-state index in [1.54, 1.807) is 0 Å². The third-order valence-electron chi connectivity index (χ3n) is 4.57. The number of benzene rings is 2. The molecule has 100 valence electrons. The maximum Gasteiger partial charge on any atom is 0.0445 e. The SMILES string of the molecule is C=CC(=C)C(CC)(c1ccccc1)c1cccc2c1C2. The number of rotatable bonds is 5. The molecule has 0 amide bonds. The normalized spacial score (nSPS) is 15.1. The van der Waals surface area contributed by atoms with Crippen LogP contribution >= 0.6 is 0 Å². The molecule has 2 aromatic carbocycles. The van der Waals surface area contributed by atoms with E-state index in [4.69, 9.17) is 0 Å². The summed E-state index contributed by atoms with van der Waals surface area (Å²) in [5.74, 6) is 0. The summed E-state index contributed by atoms with van der Waals surface area (Å²) in [5.41, 5.74) is 6.66. The zero-order valence-corrected chi connectivity index (χ0v) is 12.0. The van der Waals surface area contributed by atoms with Crippen molar-refractivity contribution >= 4 is 0 Å². The van der Waals surface area contributed by atoms with Gasteiger partial charge >= 0.3 is 0 Å². The minimum atomic E-state index is -0.134. The highest BCUT2D eigenvalue weighted by atomic mass is 14.4. The largest absolute Gasteiger partial charge is 0.0988 e. The van der Waals surface area contributed by atoms with E-state index < -0.39 is 0 Å². The molecule has 2 aromatic rings. The Morgan fingerprint density at radius 3 is 2.55 bits per heavy atom. The molecule has 0 spiro atoms. The minimum absolute atomic E-state index is 0.134. The van der Waals surface area contributed by atoms with Gasteiger partial charge in [0, 0.05) is 5.41 Å². The van der Waals surface area contributed by atoms with E-state index in [-0.39, 0.29) is 5.41 Å². The molecule has 0 nitrogen and oxygen atoms in total. The first-order chi connectivity index (χ1) is 9.74. The molecule has 0 bridgehead atoms. The van der Waals surface area contributed by atoms with E-state index in [0.717, 1.165) is 18.4 Å². The van der Waals surface area contributed by atoms with Crippen LogP contribution in [0, 0.1) is 0 Å². The van der Waals surface area contributed by atoms with E-state index in [0.29, 0.717) is 0 Å². The standard InChI is InChI=1S/C20H20/c1-4-15(3)20(5-2,17-11-7-6-8-12-17)19-13-9-10-16-14-18(16)19/h4,6-13H,1,3,5,14H2,2H3. The van der Waals surface area contributed by atoms with E-state index in [1.165, 1.54) is 22.3 Å². The molecule has 3 rings (SSSR count). The minimum Gasteiger partial charge on any atom is -0.0988 e. The number of allylic oxidation sites excluding steroid dienone is 2. The van der Waals surface area contributed by atoms with Crippen molar-refractivity contribution < 1.29 is 0 Å². The lowest BCUT2D eigenvalue weighted by Gasteiger charge is -2.35. The van der Waals surface area contributed by atoms with Gasteiger partial charge in [-0.3, -0.25) is 0 Å². The highest BCUT2D eigenvalue weighted by Gasteiger charge is 2.39. The molecule has 1 aliphatic rings. The Balaban J connectivity index is 2.26. The van der Waals surface area contributed by atoms with E-state index in [2.05, 4.69) is 68.6 Å². The third kappa shape index (κ3) is 1.76. The molecule has 1 unspecified atom stereocenters. The smallest absolute Gasteiger partial charge is 0.0445 e. The van der Waals surface area contributed by atoms with Gasteiger partial charge in [-0.1, -0.05) is 74.7 Å². The molecule has 1 aliphatic carbocycles. The van der Waals surface area contributed by atoms with Crippen LogP contribution in [0.5, 0.6) is 0 Å². The first-order valence-electron chi connectivity index (χ1n) is 7.22. The van der Waals surface area contributed by atoms with Gasteiger partial charge in [0.25, 0.3) is 0 Å². The van der Waals surface area contributed by atoms with Crippen molar-refractivity contribution in [1.29, 1.82) is 0 Å². The Bertz CT molecular complexity index is 664. The third-order valence-corrected chi connectivity index (χ3v) is 4.57. The van der Waals surface area contributed by atoms with Gasteiger partial charge in [-0.2, -0.15) is 0 Å². The van der Waals surface area contributed by atoms with Crippen molar-refractivity contribution in [3.05, 3.63) is 95.6 Å². The highest BCUT2D eigenvalue weighted by Crippen LogP contribution is 2.47. The average molecular weight is 260 g/mol. The van der Waals surface area contributed by atoms with Crippen molar-refractivity contribution in [3.8, 4) is 0 Å². The van der Waals surface area contributed by atoms with Crippen LogP contribution in [0.4, 0.5) is 0 Å². The molecule has 0 aliphatic heterocycles. The lowest BCUT2D eigenvalue weighted by Crippen LogP contribution is -2.28. The second-order valence-corrected chi connectivity index (χ2v) is 5.47. The predicted octanol–water partition coefficient (Wildman–Crippen LogP) is 5.03. The Labute approximate surface area is 121 Å². The van der Waals surface area contributed by atoms with Crippen molar-refractivity contribution in [2.75, 3.05) is 0 Å². The molecule has 0 fully saturated rings. The van der Waals surface area contributed by atoms with Gasteiger partial charge in [-0.15, -0.1) is 0 Å². The molecule has 0 heteroatoms. The molecule has 0 heterocycles. The van der Waals surface area contributed by atoms with E-state index in [1.807, 2.05) is 6.08 Å².